The maximum atomic E-state index is 11.2. The van der Waals surface area contributed by atoms with Crippen molar-refractivity contribution in [3.63, 3.8) is 0 Å². The average Bonchev–Trinajstić information content (AvgIpc) is 2.37. The van der Waals surface area contributed by atoms with Crippen molar-refractivity contribution in [3.05, 3.63) is 32.9 Å². The highest BCUT2D eigenvalue weighted by atomic mass is 79.9. The van der Waals surface area contributed by atoms with Crippen molar-refractivity contribution in [1.29, 1.82) is 0 Å². The molecule has 0 N–H and O–H groups in total. The van der Waals surface area contributed by atoms with E-state index in [1.807, 2.05) is 18.4 Å². The maximum absolute atomic E-state index is 11.2. The lowest BCUT2D eigenvalue weighted by Gasteiger charge is -1.92. The zero-order valence-electron chi connectivity index (χ0n) is 6.71. The number of thiophene rings is 1. The zero-order chi connectivity index (χ0) is 8.97. The molecule has 12 heavy (non-hydrogen) atoms. The molecule has 1 aromatic rings. The Bertz CT molecular complexity index is 301. The number of carbonyl (C=O) groups excluding carboxylic acids is 1. The fraction of sp³-hybridized carbons (Fsp3) is 0.222. The third-order valence-corrected chi connectivity index (χ3v) is 3.30. The van der Waals surface area contributed by atoms with E-state index in [0.29, 0.717) is 6.42 Å². The third kappa shape index (κ3) is 2.57. The Balaban J connectivity index is 2.64. The molecule has 1 aromatic heterocycles. The van der Waals surface area contributed by atoms with Gasteiger partial charge in [0, 0.05) is 15.8 Å². The Labute approximate surface area is 84.2 Å². The van der Waals surface area contributed by atoms with E-state index in [0.717, 1.165) is 9.35 Å². The first kappa shape index (κ1) is 9.68. The van der Waals surface area contributed by atoms with Crippen LogP contribution >= 0.6 is 27.3 Å². The van der Waals surface area contributed by atoms with Crippen LogP contribution in [0.15, 0.2) is 28.1 Å². The first-order chi connectivity index (χ1) is 5.74. The van der Waals surface area contributed by atoms with E-state index >= 15 is 0 Å². The monoisotopic (exact) mass is 244 g/mol. The molecule has 3 heteroatoms. The van der Waals surface area contributed by atoms with Gasteiger partial charge in [0.1, 0.15) is 0 Å². The number of allylic oxidation sites excluding steroid dienone is 2. The number of hydrogen-bond donors (Lipinski definition) is 0. The lowest BCUT2D eigenvalue weighted by Crippen LogP contribution is -1.96. The topological polar surface area (TPSA) is 17.1 Å². The molecule has 0 saturated carbocycles. The molecular weight excluding hydrogens is 236 g/mol. The molecule has 0 bridgehead atoms. The summed E-state index contributed by atoms with van der Waals surface area (Å²) in [6.07, 6.45) is 3.87. The van der Waals surface area contributed by atoms with Gasteiger partial charge in [-0.1, -0.05) is 6.08 Å². The normalized spacial score (nSPS) is 10.8. The second-order valence-corrected chi connectivity index (χ2v) is 4.19. The fourth-order valence-electron chi connectivity index (χ4n) is 0.854. The van der Waals surface area contributed by atoms with Crippen molar-refractivity contribution < 1.29 is 4.79 Å². The van der Waals surface area contributed by atoms with Gasteiger partial charge in [-0.15, -0.1) is 11.3 Å². The lowest BCUT2D eigenvalue weighted by molar-refractivity contribution is -0.114. The molecule has 0 aromatic carbocycles. The Kier molecular flexibility index (Phi) is 3.69. The highest BCUT2D eigenvalue weighted by Gasteiger charge is 2.04. The number of carbonyl (C=O) groups is 1. The summed E-state index contributed by atoms with van der Waals surface area (Å²) < 4.78 is 1.03. The molecule has 0 saturated heterocycles. The highest BCUT2D eigenvalue weighted by molar-refractivity contribution is 9.10. The second-order valence-electron chi connectivity index (χ2n) is 2.33. The summed E-state index contributed by atoms with van der Waals surface area (Å²) in [7, 11) is 0. The van der Waals surface area contributed by atoms with Crippen LogP contribution in [-0.4, -0.2) is 5.78 Å². The molecule has 0 aliphatic heterocycles. The molecule has 64 valence electrons. The van der Waals surface area contributed by atoms with Gasteiger partial charge in [0.05, 0.1) is 0 Å². The van der Waals surface area contributed by atoms with Crippen molar-refractivity contribution in [2.24, 2.45) is 0 Å². The molecule has 0 aliphatic carbocycles. The fourth-order valence-corrected chi connectivity index (χ4v) is 2.36. The van der Waals surface area contributed by atoms with Crippen LogP contribution in [0.4, 0.5) is 0 Å². The molecule has 0 spiro atoms. The van der Waals surface area contributed by atoms with Gasteiger partial charge in [0.2, 0.25) is 0 Å². The van der Waals surface area contributed by atoms with Crippen LogP contribution in [0.3, 0.4) is 0 Å². The third-order valence-electron chi connectivity index (χ3n) is 1.38. The summed E-state index contributed by atoms with van der Waals surface area (Å²) in [6.45, 7) is 1.85. The van der Waals surface area contributed by atoms with E-state index in [4.69, 9.17) is 0 Å². The molecule has 0 radical (unpaired) electrons. The van der Waals surface area contributed by atoms with Gasteiger partial charge in [-0.05, 0) is 40.4 Å². The average molecular weight is 245 g/mol. The molecule has 1 heterocycles. The first-order valence-corrected chi connectivity index (χ1v) is 5.28. The second kappa shape index (κ2) is 4.58. The SMILES string of the molecule is C/C=C/C(=O)Cc1sccc1Br. The summed E-state index contributed by atoms with van der Waals surface area (Å²) in [4.78, 5) is 12.3. The van der Waals surface area contributed by atoms with Gasteiger partial charge >= 0.3 is 0 Å². The molecule has 1 nitrogen and oxygen atoms in total. The minimum Gasteiger partial charge on any atom is -0.294 e. The zero-order valence-corrected chi connectivity index (χ0v) is 9.11. The Morgan fingerprint density at radius 2 is 2.50 bits per heavy atom. The van der Waals surface area contributed by atoms with Gasteiger partial charge in [0.25, 0.3) is 0 Å². The van der Waals surface area contributed by atoms with Crippen LogP contribution in [0.5, 0.6) is 0 Å². The first-order valence-electron chi connectivity index (χ1n) is 3.61. The van der Waals surface area contributed by atoms with Crippen LogP contribution in [0, 0.1) is 0 Å². The number of hydrogen-bond acceptors (Lipinski definition) is 2. The van der Waals surface area contributed by atoms with Crippen molar-refractivity contribution in [2.45, 2.75) is 13.3 Å². The van der Waals surface area contributed by atoms with Crippen LogP contribution in [0.1, 0.15) is 11.8 Å². The van der Waals surface area contributed by atoms with E-state index in [9.17, 15) is 4.79 Å². The quantitative estimate of drug-likeness (QED) is 0.747. The van der Waals surface area contributed by atoms with Gasteiger partial charge in [0.15, 0.2) is 5.78 Å². The van der Waals surface area contributed by atoms with E-state index < -0.39 is 0 Å². The minimum atomic E-state index is 0.153. The standard InChI is InChI=1S/C9H9BrOS/c1-2-3-7(11)6-9-8(10)4-5-12-9/h2-5H,6H2,1H3/b3-2+. The van der Waals surface area contributed by atoms with E-state index in [2.05, 4.69) is 15.9 Å². The molecule has 1 rings (SSSR count). The molecule has 0 amide bonds. The van der Waals surface area contributed by atoms with Crippen LogP contribution in [0.25, 0.3) is 0 Å². The Morgan fingerprint density at radius 3 is 3.00 bits per heavy atom. The number of rotatable bonds is 3. The van der Waals surface area contributed by atoms with Crippen molar-refractivity contribution in [1.82, 2.24) is 0 Å². The van der Waals surface area contributed by atoms with Gasteiger partial charge in [-0.2, -0.15) is 0 Å². The van der Waals surface area contributed by atoms with E-state index in [-0.39, 0.29) is 5.78 Å². The van der Waals surface area contributed by atoms with Gasteiger partial charge in [-0.25, -0.2) is 0 Å². The summed E-state index contributed by atoms with van der Waals surface area (Å²) in [5.74, 6) is 0.153. The Morgan fingerprint density at radius 1 is 1.75 bits per heavy atom. The van der Waals surface area contributed by atoms with Gasteiger partial charge in [-0.3, -0.25) is 4.79 Å². The van der Waals surface area contributed by atoms with E-state index in [1.165, 1.54) is 0 Å². The minimum absolute atomic E-state index is 0.153. The van der Waals surface area contributed by atoms with Crippen LogP contribution in [0.2, 0.25) is 0 Å². The molecular formula is C9H9BrOS. The summed E-state index contributed by atoms with van der Waals surface area (Å²) in [5, 5.41) is 1.97. The molecule has 0 atom stereocenters. The number of ketones is 1. The van der Waals surface area contributed by atoms with Crippen LogP contribution < -0.4 is 0 Å². The van der Waals surface area contributed by atoms with Crippen molar-refractivity contribution in [2.75, 3.05) is 0 Å². The van der Waals surface area contributed by atoms with Crippen molar-refractivity contribution >= 4 is 33.0 Å². The predicted molar refractivity (Wildman–Crippen MR) is 55.5 cm³/mol. The summed E-state index contributed by atoms with van der Waals surface area (Å²) in [6, 6.07) is 1.96. The lowest BCUT2D eigenvalue weighted by atomic mass is 10.2. The predicted octanol–water partition coefficient (Wildman–Crippen LogP) is 3.20. The highest BCUT2D eigenvalue weighted by Crippen LogP contribution is 2.23. The van der Waals surface area contributed by atoms with Gasteiger partial charge < -0.3 is 0 Å². The number of halogens is 1. The smallest absolute Gasteiger partial charge is 0.160 e. The largest absolute Gasteiger partial charge is 0.294 e. The summed E-state index contributed by atoms with van der Waals surface area (Å²) in [5.41, 5.74) is 0. The van der Waals surface area contributed by atoms with Crippen LogP contribution in [-0.2, 0) is 11.2 Å². The van der Waals surface area contributed by atoms with E-state index in [1.54, 1.807) is 23.5 Å². The molecule has 0 fully saturated rings. The summed E-state index contributed by atoms with van der Waals surface area (Å²) >= 11 is 4.98. The maximum Gasteiger partial charge on any atom is 0.160 e. The Hall–Kier alpha value is -0.410. The molecule has 0 unspecified atom stereocenters. The molecule has 0 aliphatic rings. The van der Waals surface area contributed by atoms with Crippen molar-refractivity contribution in [3.8, 4) is 0 Å².